The van der Waals surface area contributed by atoms with E-state index >= 15 is 0 Å². The number of hydrogen-bond donors (Lipinski definition) is 1. The Hall–Kier alpha value is -3.01. The summed E-state index contributed by atoms with van der Waals surface area (Å²) in [5, 5.41) is 5.36. The van der Waals surface area contributed by atoms with Gasteiger partial charge in [0.2, 0.25) is 0 Å². The zero-order chi connectivity index (χ0) is 18.2. The number of fused-ring (bicyclic) bond motifs is 1. The minimum atomic E-state index is -0.126. The van der Waals surface area contributed by atoms with Gasteiger partial charge in [-0.3, -0.25) is 4.79 Å². The fourth-order valence-corrected chi connectivity index (χ4v) is 2.85. The Labute approximate surface area is 153 Å². The van der Waals surface area contributed by atoms with Crippen molar-refractivity contribution in [3.63, 3.8) is 0 Å². The molecule has 3 rings (SSSR count). The second-order valence-corrected chi connectivity index (χ2v) is 5.93. The summed E-state index contributed by atoms with van der Waals surface area (Å²) in [5.41, 5.74) is 1.23. The van der Waals surface area contributed by atoms with Crippen LogP contribution >= 0.6 is 0 Å². The maximum absolute atomic E-state index is 12.0. The van der Waals surface area contributed by atoms with Crippen molar-refractivity contribution < 1.29 is 14.3 Å². The highest BCUT2D eigenvalue weighted by molar-refractivity contribution is 5.85. The molecule has 3 aromatic rings. The van der Waals surface area contributed by atoms with Gasteiger partial charge in [-0.25, -0.2) is 0 Å². The van der Waals surface area contributed by atoms with E-state index in [1.165, 1.54) is 16.3 Å². The van der Waals surface area contributed by atoms with Gasteiger partial charge in [-0.1, -0.05) is 42.5 Å². The second-order valence-electron chi connectivity index (χ2n) is 5.93. The minimum Gasteiger partial charge on any atom is -0.494 e. The summed E-state index contributed by atoms with van der Waals surface area (Å²) < 4.78 is 10.9. The molecule has 26 heavy (non-hydrogen) atoms. The monoisotopic (exact) mass is 349 g/mol. The molecule has 0 heterocycles. The number of carbonyl (C=O) groups excluding carboxylic acids is 1. The summed E-state index contributed by atoms with van der Waals surface area (Å²) in [6.45, 7) is 3.15. The van der Waals surface area contributed by atoms with E-state index in [0.717, 1.165) is 12.2 Å². The van der Waals surface area contributed by atoms with Crippen molar-refractivity contribution in [1.29, 1.82) is 0 Å². The minimum absolute atomic E-state index is 0.00349. The van der Waals surface area contributed by atoms with Crippen LogP contribution in [0.25, 0.3) is 10.8 Å². The third-order valence-electron chi connectivity index (χ3n) is 4.10. The highest BCUT2D eigenvalue weighted by Crippen LogP contribution is 2.19. The standard InChI is InChI=1S/C22H23NO3/c1-2-25-19-10-12-20(13-11-19)26-16-22(24)23-15-14-18-8-5-7-17-6-3-4-9-21(17)18/h3-13H,2,14-16H2,1H3,(H,23,24). The van der Waals surface area contributed by atoms with Crippen LogP contribution in [0, 0.1) is 0 Å². The van der Waals surface area contributed by atoms with Crippen molar-refractivity contribution in [2.45, 2.75) is 13.3 Å². The van der Waals surface area contributed by atoms with Crippen LogP contribution in [0.5, 0.6) is 11.5 Å². The van der Waals surface area contributed by atoms with E-state index < -0.39 is 0 Å². The lowest BCUT2D eigenvalue weighted by atomic mass is 10.0. The topological polar surface area (TPSA) is 47.6 Å². The zero-order valence-corrected chi connectivity index (χ0v) is 14.9. The molecule has 0 fully saturated rings. The predicted octanol–water partition coefficient (Wildman–Crippen LogP) is 3.98. The molecule has 0 aromatic heterocycles. The van der Waals surface area contributed by atoms with Gasteiger partial charge in [-0.15, -0.1) is 0 Å². The first-order chi connectivity index (χ1) is 12.8. The Morgan fingerprint density at radius 3 is 2.35 bits per heavy atom. The highest BCUT2D eigenvalue weighted by Gasteiger charge is 2.05. The zero-order valence-electron chi connectivity index (χ0n) is 14.9. The third-order valence-corrected chi connectivity index (χ3v) is 4.10. The van der Waals surface area contributed by atoms with Gasteiger partial charge in [0.25, 0.3) is 5.91 Å². The summed E-state index contributed by atoms with van der Waals surface area (Å²) in [6, 6.07) is 21.8. The van der Waals surface area contributed by atoms with Gasteiger partial charge in [-0.05, 0) is 53.9 Å². The molecule has 0 spiro atoms. The first-order valence-corrected chi connectivity index (χ1v) is 8.85. The molecule has 134 valence electrons. The number of carbonyl (C=O) groups is 1. The second kappa shape index (κ2) is 8.90. The van der Waals surface area contributed by atoms with Crippen LogP contribution in [0.3, 0.4) is 0 Å². The molecule has 4 heteroatoms. The first kappa shape index (κ1) is 17.8. The molecule has 0 radical (unpaired) electrons. The summed E-state index contributed by atoms with van der Waals surface area (Å²) in [6.07, 6.45) is 0.788. The Balaban J connectivity index is 1.45. The third kappa shape index (κ3) is 4.76. The molecule has 1 amide bonds. The average molecular weight is 349 g/mol. The fourth-order valence-electron chi connectivity index (χ4n) is 2.85. The van der Waals surface area contributed by atoms with Gasteiger partial charge in [0.05, 0.1) is 6.61 Å². The summed E-state index contributed by atoms with van der Waals surface area (Å²) >= 11 is 0. The number of rotatable bonds is 8. The van der Waals surface area contributed by atoms with E-state index in [0.29, 0.717) is 18.9 Å². The van der Waals surface area contributed by atoms with Crippen molar-refractivity contribution in [2.75, 3.05) is 19.8 Å². The molecular weight excluding hydrogens is 326 g/mol. The van der Waals surface area contributed by atoms with Crippen LogP contribution in [0.4, 0.5) is 0 Å². The van der Waals surface area contributed by atoms with E-state index in [4.69, 9.17) is 9.47 Å². The van der Waals surface area contributed by atoms with E-state index in [2.05, 4.69) is 35.6 Å². The molecular formula is C22H23NO3. The summed E-state index contributed by atoms with van der Waals surface area (Å²) in [5.74, 6) is 1.32. The van der Waals surface area contributed by atoms with Gasteiger partial charge in [0, 0.05) is 6.54 Å². The molecule has 0 saturated carbocycles. The van der Waals surface area contributed by atoms with Crippen molar-refractivity contribution in [1.82, 2.24) is 5.32 Å². The molecule has 0 saturated heterocycles. The van der Waals surface area contributed by atoms with Crippen LogP contribution in [-0.2, 0) is 11.2 Å². The molecule has 0 aliphatic rings. The van der Waals surface area contributed by atoms with Crippen LogP contribution in [0.2, 0.25) is 0 Å². The highest BCUT2D eigenvalue weighted by atomic mass is 16.5. The summed E-state index contributed by atoms with van der Waals surface area (Å²) in [7, 11) is 0. The smallest absolute Gasteiger partial charge is 0.257 e. The van der Waals surface area contributed by atoms with Crippen molar-refractivity contribution in [3.05, 3.63) is 72.3 Å². The Bertz CT molecular complexity index is 853. The van der Waals surface area contributed by atoms with E-state index in [1.807, 2.05) is 31.2 Å². The van der Waals surface area contributed by atoms with Gasteiger partial charge >= 0.3 is 0 Å². The predicted molar refractivity (Wildman–Crippen MR) is 104 cm³/mol. The maximum atomic E-state index is 12.0. The van der Waals surface area contributed by atoms with Crippen molar-refractivity contribution in [3.8, 4) is 11.5 Å². The number of hydrogen-bond acceptors (Lipinski definition) is 3. The van der Waals surface area contributed by atoms with Crippen LogP contribution in [0.1, 0.15) is 12.5 Å². The molecule has 0 bridgehead atoms. The Kier molecular flexibility index (Phi) is 6.09. The van der Waals surface area contributed by atoms with Crippen LogP contribution < -0.4 is 14.8 Å². The Morgan fingerprint density at radius 1 is 0.885 bits per heavy atom. The number of ether oxygens (including phenoxy) is 2. The van der Waals surface area contributed by atoms with Crippen LogP contribution in [-0.4, -0.2) is 25.7 Å². The lowest BCUT2D eigenvalue weighted by molar-refractivity contribution is -0.123. The molecule has 1 N–H and O–H groups in total. The number of benzene rings is 3. The fraction of sp³-hybridized carbons (Fsp3) is 0.227. The van der Waals surface area contributed by atoms with E-state index in [9.17, 15) is 4.79 Å². The van der Waals surface area contributed by atoms with E-state index in [1.54, 1.807) is 12.1 Å². The van der Waals surface area contributed by atoms with Gasteiger partial charge in [-0.2, -0.15) is 0 Å². The van der Waals surface area contributed by atoms with Gasteiger partial charge < -0.3 is 14.8 Å². The first-order valence-electron chi connectivity index (χ1n) is 8.85. The number of nitrogens with one attached hydrogen (secondary N) is 1. The molecule has 0 aliphatic heterocycles. The average Bonchev–Trinajstić information content (AvgIpc) is 2.68. The largest absolute Gasteiger partial charge is 0.494 e. The molecule has 4 nitrogen and oxygen atoms in total. The maximum Gasteiger partial charge on any atom is 0.257 e. The van der Waals surface area contributed by atoms with E-state index in [-0.39, 0.29) is 12.5 Å². The van der Waals surface area contributed by atoms with Crippen LogP contribution in [0.15, 0.2) is 66.7 Å². The lowest BCUT2D eigenvalue weighted by Gasteiger charge is -2.10. The quantitative estimate of drug-likeness (QED) is 0.669. The molecule has 0 atom stereocenters. The van der Waals surface area contributed by atoms with Gasteiger partial charge in [0.1, 0.15) is 11.5 Å². The molecule has 3 aromatic carbocycles. The lowest BCUT2D eigenvalue weighted by Crippen LogP contribution is -2.30. The summed E-state index contributed by atoms with van der Waals surface area (Å²) in [4.78, 5) is 12.0. The SMILES string of the molecule is CCOc1ccc(OCC(=O)NCCc2cccc3ccccc23)cc1. The number of amides is 1. The van der Waals surface area contributed by atoms with Gasteiger partial charge in [0.15, 0.2) is 6.61 Å². The van der Waals surface area contributed by atoms with Crippen molar-refractivity contribution >= 4 is 16.7 Å². The Morgan fingerprint density at radius 2 is 1.58 bits per heavy atom. The normalized spacial score (nSPS) is 10.5. The van der Waals surface area contributed by atoms with Crippen molar-refractivity contribution in [2.24, 2.45) is 0 Å². The molecule has 0 aliphatic carbocycles. The molecule has 0 unspecified atom stereocenters.